The first kappa shape index (κ1) is 16.3. The number of amides is 2. The number of nitrogens with zero attached hydrogens (tertiary/aromatic N) is 2. The van der Waals surface area contributed by atoms with Gasteiger partial charge < -0.3 is 9.84 Å². The smallest absolute Gasteiger partial charge is 0.424 e. The Balaban J connectivity index is 3.36. The summed E-state index contributed by atoms with van der Waals surface area (Å²) >= 11 is 0. The number of carboxylic acid groups (broad SMARTS) is 1. The summed E-state index contributed by atoms with van der Waals surface area (Å²) in [6.07, 6.45) is -3.18. The maximum Gasteiger partial charge on any atom is 0.424 e. The lowest BCUT2D eigenvalue weighted by molar-refractivity contribution is -0.384. The predicted molar refractivity (Wildman–Crippen MR) is 69.8 cm³/mol. The third kappa shape index (κ3) is 4.13. The van der Waals surface area contributed by atoms with Gasteiger partial charge in [0.05, 0.1) is 4.92 Å². The van der Waals surface area contributed by atoms with Crippen molar-refractivity contribution in [3.63, 3.8) is 0 Å². The van der Waals surface area contributed by atoms with E-state index in [1.54, 1.807) is 0 Å². The zero-order chi connectivity index (χ0) is 16.4. The van der Waals surface area contributed by atoms with Crippen LogP contribution < -0.4 is 4.90 Å². The average molecular weight is 300 g/mol. The Morgan fingerprint density at radius 1 is 1.38 bits per heavy atom. The van der Waals surface area contributed by atoms with Crippen LogP contribution in [0.2, 0.25) is 0 Å². The monoisotopic (exact) mass is 300 g/mol. The molecule has 9 heteroatoms. The zero-order valence-electron chi connectivity index (χ0n) is 11.5. The second-order valence-electron chi connectivity index (χ2n) is 4.99. The first-order valence-corrected chi connectivity index (χ1v) is 5.73. The van der Waals surface area contributed by atoms with Gasteiger partial charge in [-0.15, -0.1) is 0 Å². The number of hydrogen-bond donors (Lipinski definition) is 1. The second-order valence-corrected chi connectivity index (χ2v) is 4.99. The van der Waals surface area contributed by atoms with Crippen molar-refractivity contribution >= 4 is 23.6 Å². The molecule has 21 heavy (non-hydrogen) atoms. The molecule has 0 unspecified atom stereocenters. The molecule has 0 saturated heterocycles. The molecule has 0 fully saturated rings. The van der Waals surface area contributed by atoms with Gasteiger partial charge in [0.1, 0.15) is 17.1 Å². The number of nitro benzene ring substituents is 1. The van der Waals surface area contributed by atoms with Gasteiger partial charge in [-0.1, -0.05) is 0 Å². The molecule has 0 aliphatic rings. The topological polar surface area (TPSA) is 110 Å². The van der Waals surface area contributed by atoms with Gasteiger partial charge in [-0.25, -0.2) is 14.0 Å². The average Bonchev–Trinajstić information content (AvgIpc) is 2.25. The molecule has 0 heterocycles. The maximum atomic E-state index is 13.2. The fraction of sp³-hybridized carbons (Fsp3) is 0.333. The van der Waals surface area contributed by atoms with Crippen molar-refractivity contribution in [2.24, 2.45) is 0 Å². The summed E-state index contributed by atoms with van der Waals surface area (Å²) in [6.45, 7) is 4.47. The van der Waals surface area contributed by atoms with Crippen molar-refractivity contribution < 1.29 is 28.7 Å². The van der Waals surface area contributed by atoms with E-state index in [0.29, 0.717) is 6.07 Å². The van der Waals surface area contributed by atoms with E-state index in [1.807, 2.05) is 0 Å². The van der Waals surface area contributed by atoms with E-state index in [1.165, 1.54) is 20.8 Å². The Labute approximate surface area is 118 Å². The Hall–Kier alpha value is -2.71. The third-order valence-corrected chi connectivity index (χ3v) is 2.14. The van der Waals surface area contributed by atoms with Crippen LogP contribution in [0.4, 0.5) is 25.4 Å². The highest BCUT2D eigenvalue weighted by molar-refractivity contribution is 6.10. The zero-order valence-corrected chi connectivity index (χ0v) is 11.5. The number of carbonyl (C=O) groups excluding carboxylic acids is 1. The number of rotatable bonds is 2. The van der Waals surface area contributed by atoms with Crippen molar-refractivity contribution in [3.05, 3.63) is 34.1 Å². The number of carbonyl (C=O) groups is 2. The van der Waals surface area contributed by atoms with Gasteiger partial charge in [0.15, 0.2) is 0 Å². The molecule has 1 N–H and O–H groups in total. The number of nitro groups is 1. The highest BCUT2D eigenvalue weighted by atomic mass is 19.1. The molecular formula is C12H13FN2O6. The van der Waals surface area contributed by atoms with Crippen LogP contribution in [-0.4, -0.2) is 27.8 Å². The number of hydrogen-bond acceptors (Lipinski definition) is 5. The molecule has 0 aliphatic heterocycles. The lowest BCUT2D eigenvalue weighted by Crippen LogP contribution is -2.40. The van der Waals surface area contributed by atoms with Gasteiger partial charge in [-0.05, 0) is 26.8 Å². The molecule has 1 aromatic rings. The maximum absolute atomic E-state index is 13.2. The summed E-state index contributed by atoms with van der Waals surface area (Å²) < 4.78 is 18.1. The Bertz CT molecular complexity index is 596. The standard InChI is InChI=1S/C12H13FN2O6/c1-12(2,3)21-11(18)14(10(16)17)9-6-7(13)4-5-8(9)15(19)20/h4-6H,1-3H3,(H,16,17). The van der Waals surface area contributed by atoms with Crippen molar-refractivity contribution in [1.82, 2.24) is 0 Å². The van der Waals surface area contributed by atoms with Crippen LogP contribution in [0.1, 0.15) is 20.8 Å². The first-order valence-electron chi connectivity index (χ1n) is 5.73. The van der Waals surface area contributed by atoms with Crippen LogP contribution in [0.15, 0.2) is 18.2 Å². The molecule has 2 amide bonds. The highest BCUT2D eigenvalue weighted by Crippen LogP contribution is 2.30. The molecular weight excluding hydrogens is 287 g/mol. The van der Waals surface area contributed by atoms with Crippen LogP contribution in [0, 0.1) is 15.9 Å². The first-order chi connectivity index (χ1) is 9.53. The summed E-state index contributed by atoms with van der Waals surface area (Å²) in [5, 5.41) is 20.0. The van der Waals surface area contributed by atoms with E-state index < -0.39 is 39.9 Å². The van der Waals surface area contributed by atoms with Crippen molar-refractivity contribution in [2.75, 3.05) is 4.90 Å². The minimum absolute atomic E-state index is 0.00748. The number of benzene rings is 1. The third-order valence-electron chi connectivity index (χ3n) is 2.14. The van der Waals surface area contributed by atoms with Crippen LogP contribution in [0.25, 0.3) is 0 Å². The number of imide groups is 1. The molecule has 114 valence electrons. The van der Waals surface area contributed by atoms with Gasteiger partial charge in [0, 0.05) is 12.1 Å². The second kappa shape index (κ2) is 5.73. The van der Waals surface area contributed by atoms with Crippen LogP contribution >= 0.6 is 0 Å². The van der Waals surface area contributed by atoms with E-state index in [4.69, 9.17) is 9.84 Å². The fourth-order valence-corrected chi connectivity index (χ4v) is 1.42. The summed E-state index contributed by atoms with van der Waals surface area (Å²) in [6, 6.07) is 2.14. The lowest BCUT2D eigenvalue weighted by atomic mass is 10.2. The molecule has 1 rings (SSSR count). The van der Waals surface area contributed by atoms with Gasteiger partial charge in [-0.2, -0.15) is 4.90 Å². The molecule has 1 aromatic carbocycles. The molecule has 8 nitrogen and oxygen atoms in total. The summed E-state index contributed by atoms with van der Waals surface area (Å²) in [7, 11) is 0. The van der Waals surface area contributed by atoms with Crippen molar-refractivity contribution in [2.45, 2.75) is 26.4 Å². The van der Waals surface area contributed by atoms with Crippen LogP contribution in [0.3, 0.4) is 0 Å². The Morgan fingerprint density at radius 3 is 2.38 bits per heavy atom. The number of anilines is 1. The molecule has 0 aliphatic carbocycles. The molecule has 0 aromatic heterocycles. The molecule has 0 radical (unpaired) electrons. The number of ether oxygens (including phenoxy) is 1. The summed E-state index contributed by atoms with van der Waals surface area (Å²) in [5.74, 6) is -0.926. The molecule has 0 saturated carbocycles. The van der Waals surface area contributed by atoms with Crippen molar-refractivity contribution in [1.29, 1.82) is 0 Å². The van der Waals surface area contributed by atoms with E-state index in [-0.39, 0.29) is 4.90 Å². The molecule has 0 bridgehead atoms. The van der Waals surface area contributed by atoms with E-state index >= 15 is 0 Å². The molecule has 0 spiro atoms. The van der Waals surface area contributed by atoms with Crippen LogP contribution in [-0.2, 0) is 4.74 Å². The normalized spacial score (nSPS) is 10.9. The van der Waals surface area contributed by atoms with Crippen molar-refractivity contribution in [3.8, 4) is 0 Å². The minimum Gasteiger partial charge on any atom is -0.464 e. The lowest BCUT2D eigenvalue weighted by Gasteiger charge is -2.24. The largest absolute Gasteiger partial charge is 0.464 e. The van der Waals surface area contributed by atoms with Crippen LogP contribution in [0.5, 0.6) is 0 Å². The van der Waals surface area contributed by atoms with Gasteiger partial charge >= 0.3 is 12.2 Å². The van der Waals surface area contributed by atoms with E-state index in [2.05, 4.69) is 0 Å². The Kier molecular flexibility index (Phi) is 4.46. The predicted octanol–water partition coefficient (Wildman–Crippen LogP) is 3.15. The fourth-order valence-electron chi connectivity index (χ4n) is 1.42. The quantitative estimate of drug-likeness (QED) is 0.663. The highest BCUT2D eigenvalue weighted by Gasteiger charge is 2.33. The van der Waals surface area contributed by atoms with E-state index in [9.17, 15) is 24.1 Å². The minimum atomic E-state index is -1.82. The summed E-state index contributed by atoms with van der Waals surface area (Å²) in [4.78, 5) is 33.0. The van der Waals surface area contributed by atoms with E-state index in [0.717, 1.165) is 12.1 Å². The Morgan fingerprint density at radius 2 is 1.95 bits per heavy atom. The molecule has 0 atom stereocenters. The SMILES string of the molecule is CC(C)(C)OC(=O)N(C(=O)O)c1cc(F)ccc1[N+](=O)[O-]. The van der Waals surface area contributed by atoms with Gasteiger partial charge in [-0.3, -0.25) is 10.1 Å². The summed E-state index contributed by atoms with van der Waals surface area (Å²) in [5.41, 5.74) is -2.47. The number of halogens is 1. The van der Waals surface area contributed by atoms with Gasteiger partial charge in [0.25, 0.3) is 5.69 Å². The van der Waals surface area contributed by atoms with Gasteiger partial charge in [0.2, 0.25) is 0 Å².